The van der Waals surface area contributed by atoms with Crippen LogP contribution in [0.4, 0.5) is 5.69 Å². The van der Waals surface area contributed by atoms with E-state index in [1.807, 2.05) is 0 Å². The molecule has 1 unspecified atom stereocenters. The number of fused-ring (bicyclic) bond motifs is 1. The van der Waals surface area contributed by atoms with Crippen LogP contribution in [0.3, 0.4) is 0 Å². The number of hydrogen-bond donors (Lipinski definition) is 1. The molecule has 1 aromatic carbocycles. The quantitative estimate of drug-likeness (QED) is 0.876. The average Bonchev–Trinajstić information content (AvgIpc) is 2.34. The Hall–Kier alpha value is -1.02. The van der Waals surface area contributed by atoms with Crippen LogP contribution in [0.1, 0.15) is 24.8 Å². The van der Waals surface area contributed by atoms with Gasteiger partial charge in [0.1, 0.15) is 0 Å². The van der Waals surface area contributed by atoms with Crippen LogP contribution in [-0.4, -0.2) is 31.6 Å². The minimum absolute atomic E-state index is 0.768. The lowest BCUT2D eigenvalue weighted by Gasteiger charge is -2.34. The van der Waals surface area contributed by atoms with Gasteiger partial charge < -0.3 is 10.2 Å². The standard InChI is InChI=1S/C16H24N2/c1-18(11-13-5-4-6-13)12-14-9-15-7-2-3-8-16(15)17-10-14/h2-3,7-8,13-14,17H,4-6,9-12H2,1H3. The summed E-state index contributed by atoms with van der Waals surface area (Å²) >= 11 is 0. The summed E-state index contributed by atoms with van der Waals surface area (Å²) in [6.07, 6.45) is 5.60. The molecule has 1 saturated carbocycles. The Balaban J connectivity index is 1.52. The van der Waals surface area contributed by atoms with Crippen LogP contribution in [0.2, 0.25) is 0 Å². The number of para-hydroxylation sites is 1. The Morgan fingerprint density at radius 2 is 1.94 bits per heavy atom. The molecule has 1 aliphatic carbocycles. The Morgan fingerprint density at radius 1 is 1.17 bits per heavy atom. The third-order valence-electron chi connectivity index (χ3n) is 4.47. The topological polar surface area (TPSA) is 15.3 Å². The molecule has 0 spiro atoms. The van der Waals surface area contributed by atoms with Crippen LogP contribution in [0.5, 0.6) is 0 Å². The summed E-state index contributed by atoms with van der Waals surface area (Å²) in [5, 5.41) is 3.57. The summed E-state index contributed by atoms with van der Waals surface area (Å²) in [5.74, 6) is 1.75. The van der Waals surface area contributed by atoms with Gasteiger partial charge in [-0.25, -0.2) is 0 Å². The Labute approximate surface area is 110 Å². The molecule has 1 heterocycles. The third kappa shape index (κ3) is 2.69. The number of rotatable bonds is 4. The summed E-state index contributed by atoms with van der Waals surface area (Å²) in [6.45, 7) is 3.67. The summed E-state index contributed by atoms with van der Waals surface area (Å²) < 4.78 is 0. The second-order valence-corrected chi connectivity index (χ2v) is 6.13. The molecule has 2 heteroatoms. The second kappa shape index (κ2) is 5.31. The maximum atomic E-state index is 3.57. The highest BCUT2D eigenvalue weighted by atomic mass is 15.1. The fourth-order valence-electron chi connectivity index (χ4n) is 3.27. The van der Waals surface area contributed by atoms with Crippen LogP contribution in [0.25, 0.3) is 0 Å². The Morgan fingerprint density at radius 3 is 2.72 bits per heavy atom. The zero-order valence-corrected chi connectivity index (χ0v) is 11.4. The maximum absolute atomic E-state index is 3.57. The SMILES string of the molecule is CN(CC1CCC1)CC1CNc2ccccc2C1. The van der Waals surface area contributed by atoms with Gasteiger partial charge in [-0.05, 0) is 49.8 Å². The number of benzene rings is 1. The lowest BCUT2D eigenvalue weighted by atomic mass is 9.85. The first kappa shape index (κ1) is 12.0. The van der Waals surface area contributed by atoms with E-state index in [0.29, 0.717) is 0 Å². The molecule has 2 aliphatic rings. The van der Waals surface area contributed by atoms with E-state index in [0.717, 1.165) is 18.4 Å². The van der Waals surface area contributed by atoms with Gasteiger partial charge in [-0.15, -0.1) is 0 Å². The average molecular weight is 244 g/mol. The van der Waals surface area contributed by atoms with Crippen molar-refractivity contribution in [2.45, 2.75) is 25.7 Å². The van der Waals surface area contributed by atoms with Crippen molar-refractivity contribution in [3.8, 4) is 0 Å². The smallest absolute Gasteiger partial charge is 0.0372 e. The highest BCUT2D eigenvalue weighted by molar-refractivity contribution is 5.53. The molecular formula is C16H24N2. The van der Waals surface area contributed by atoms with E-state index in [4.69, 9.17) is 0 Å². The molecule has 0 radical (unpaired) electrons. The van der Waals surface area contributed by atoms with Crippen molar-refractivity contribution < 1.29 is 0 Å². The fraction of sp³-hybridized carbons (Fsp3) is 0.625. The van der Waals surface area contributed by atoms with Gasteiger partial charge in [0.05, 0.1) is 0 Å². The first-order valence-electron chi connectivity index (χ1n) is 7.31. The molecule has 3 rings (SSSR count). The maximum Gasteiger partial charge on any atom is 0.0372 e. The van der Waals surface area contributed by atoms with E-state index < -0.39 is 0 Å². The molecule has 0 saturated heterocycles. The normalized spacial score (nSPS) is 23.3. The molecular weight excluding hydrogens is 220 g/mol. The molecule has 98 valence electrons. The van der Waals surface area contributed by atoms with E-state index in [9.17, 15) is 0 Å². The highest BCUT2D eigenvalue weighted by Crippen LogP contribution is 2.28. The van der Waals surface area contributed by atoms with Gasteiger partial charge in [0.15, 0.2) is 0 Å². The zero-order valence-electron chi connectivity index (χ0n) is 11.4. The molecule has 1 fully saturated rings. The molecule has 1 N–H and O–H groups in total. The fourth-order valence-corrected chi connectivity index (χ4v) is 3.27. The summed E-state index contributed by atoms with van der Waals surface area (Å²) in [7, 11) is 2.29. The van der Waals surface area contributed by atoms with Crippen molar-refractivity contribution >= 4 is 5.69 Å². The van der Waals surface area contributed by atoms with E-state index in [-0.39, 0.29) is 0 Å². The van der Waals surface area contributed by atoms with Gasteiger partial charge in [0, 0.05) is 25.3 Å². The van der Waals surface area contributed by atoms with E-state index in [2.05, 4.69) is 41.5 Å². The lowest BCUT2D eigenvalue weighted by Crippen LogP contribution is -2.37. The van der Waals surface area contributed by atoms with Crippen molar-refractivity contribution in [1.82, 2.24) is 4.90 Å². The number of anilines is 1. The Kier molecular flexibility index (Phi) is 3.55. The minimum atomic E-state index is 0.768. The molecule has 18 heavy (non-hydrogen) atoms. The van der Waals surface area contributed by atoms with Crippen LogP contribution >= 0.6 is 0 Å². The van der Waals surface area contributed by atoms with Gasteiger partial charge in [0.25, 0.3) is 0 Å². The first-order chi connectivity index (χ1) is 8.81. The van der Waals surface area contributed by atoms with Crippen LogP contribution in [-0.2, 0) is 6.42 Å². The second-order valence-electron chi connectivity index (χ2n) is 6.13. The largest absolute Gasteiger partial charge is 0.384 e. The van der Waals surface area contributed by atoms with Crippen LogP contribution < -0.4 is 5.32 Å². The van der Waals surface area contributed by atoms with Crippen LogP contribution in [0.15, 0.2) is 24.3 Å². The van der Waals surface area contributed by atoms with Gasteiger partial charge in [0.2, 0.25) is 0 Å². The van der Waals surface area contributed by atoms with Crippen molar-refractivity contribution in [1.29, 1.82) is 0 Å². The minimum Gasteiger partial charge on any atom is -0.384 e. The monoisotopic (exact) mass is 244 g/mol. The van der Waals surface area contributed by atoms with Crippen molar-refractivity contribution in [3.05, 3.63) is 29.8 Å². The van der Waals surface area contributed by atoms with Gasteiger partial charge in [-0.2, -0.15) is 0 Å². The molecule has 0 amide bonds. The summed E-state index contributed by atoms with van der Waals surface area (Å²) in [6, 6.07) is 8.74. The lowest BCUT2D eigenvalue weighted by molar-refractivity contribution is 0.186. The van der Waals surface area contributed by atoms with Crippen molar-refractivity contribution in [2.24, 2.45) is 11.8 Å². The highest BCUT2D eigenvalue weighted by Gasteiger charge is 2.22. The van der Waals surface area contributed by atoms with E-state index >= 15 is 0 Å². The molecule has 0 aromatic heterocycles. The van der Waals surface area contributed by atoms with Crippen LogP contribution in [0, 0.1) is 11.8 Å². The molecule has 2 nitrogen and oxygen atoms in total. The third-order valence-corrected chi connectivity index (χ3v) is 4.47. The molecule has 1 atom stereocenters. The number of nitrogens with one attached hydrogen (secondary N) is 1. The Bertz CT molecular complexity index is 398. The predicted octanol–water partition coefficient (Wildman–Crippen LogP) is 3.00. The van der Waals surface area contributed by atoms with E-state index in [1.54, 1.807) is 0 Å². The number of hydrogen-bond acceptors (Lipinski definition) is 2. The molecule has 1 aliphatic heterocycles. The van der Waals surface area contributed by atoms with E-state index in [1.165, 1.54) is 50.0 Å². The summed E-state index contributed by atoms with van der Waals surface area (Å²) in [5.41, 5.74) is 2.83. The van der Waals surface area contributed by atoms with Gasteiger partial charge in [-0.3, -0.25) is 0 Å². The zero-order chi connectivity index (χ0) is 12.4. The molecule has 0 bridgehead atoms. The van der Waals surface area contributed by atoms with Gasteiger partial charge in [-0.1, -0.05) is 24.6 Å². The molecule has 1 aromatic rings. The van der Waals surface area contributed by atoms with Crippen molar-refractivity contribution in [2.75, 3.05) is 32.0 Å². The number of nitrogens with zero attached hydrogens (tertiary/aromatic N) is 1. The summed E-state index contributed by atoms with van der Waals surface area (Å²) in [4.78, 5) is 2.55. The van der Waals surface area contributed by atoms with Crippen molar-refractivity contribution in [3.63, 3.8) is 0 Å². The van der Waals surface area contributed by atoms with Gasteiger partial charge >= 0.3 is 0 Å². The predicted molar refractivity (Wildman–Crippen MR) is 77.0 cm³/mol. The first-order valence-corrected chi connectivity index (χ1v) is 7.31.